The Balaban J connectivity index is 1.88. The van der Waals surface area contributed by atoms with Gasteiger partial charge in [-0.15, -0.1) is 0 Å². The summed E-state index contributed by atoms with van der Waals surface area (Å²) in [5.41, 5.74) is 1.29. The summed E-state index contributed by atoms with van der Waals surface area (Å²) in [5.74, 6) is 0. The quantitative estimate of drug-likeness (QED) is 0.749. The Labute approximate surface area is 133 Å². The average Bonchev–Trinajstić information content (AvgIpc) is 2.45. The third-order valence-electron chi connectivity index (χ3n) is 2.77. The second kappa shape index (κ2) is 8.47. The number of halogens is 1. The Morgan fingerprint density at radius 3 is 2.60 bits per heavy atom. The third kappa shape index (κ3) is 5.29. The number of methoxy groups -OCH3 is 1. The van der Waals surface area contributed by atoms with Gasteiger partial charge in [-0.05, 0) is 35.9 Å². The summed E-state index contributed by atoms with van der Waals surface area (Å²) >= 11 is 5.27. The largest absolute Gasteiger partial charge is 0.383 e. The van der Waals surface area contributed by atoms with E-state index in [9.17, 15) is 0 Å². The molecule has 0 saturated heterocycles. The molecular weight excluding hydrogens is 334 g/mol. The number of hydrogen-bond acceptors (Lipinski definition) is 3. The minimum atomic E-state index is 0.747. The van der Waals surface area contributed by atoms with Crippen molar-refractivity contribution >= 4 is 27.7 Å². The molecule has 106 valence electrons. The highest BCUT2D eigenvalue weighted by Crippen LogP contribution is 2.29. The summed E-state index contributed by atoms with van der Waals surface area (Å²) in [6, 6.07) is 17.0. The van der Waals surface area contributed by atoms with Gasteiger partial charge in [-0.3, -0.25) is 0 Å². The molecule has 0 heterocycles. The van der Waals surface area contributed by atoms with Crippen LogP contribution in [0, 0.1) is 0 Å². The molecule has 0 amide bonds. The molecule has 0 radical (unpaired) electrons. The maximum absolute atomic E-state index is 5.01. The molecule has 0 aliphatic heterocycles. The summed E-state index contributed by atoms with van der Waals surface area (Å²) in [4.78, 5) is 2.49. The lowest BCUT2D eigenvalue weighted by Gasteiger charge is -2.06. The van der Waals surface area contributed by atoms with Gasteiger partial charge in [-0.25, -0.2) is 0 Å². The van der Waals surface area contributed by atoms with Crippen LogP contribution in [-0.4, -0.2) is 20.3 Å². The highest BCUT2D eigenvalue weighted by Gasteiger charge is 1.99. The van der Waals surface area contributed by atoms with Crippen LogP contribution in [0.4, 0.5) is 0 Å². The highest BCUT2D eigenvalue weighted by molar-refractivity contribution is 9.10. The monoisotopic (exact) mass is 351 g/mol. The second-order valence-electron chi connectivity index (χ2n) is 4.37. The van der Waals surface area contributed by atoms with Crippen molar-refractivity contribution in [2.24, 2.45) is 0 Å². The predicted octanol–water partition coefficient (Wildman–Crippen LogP) is 4.34. The summed E-state index contributed by atoms with van der Waals surface area (Å²) < 4.78 is 6.12. The van der Waals surface area contributed by atoms with Crippen LogP contribution in [0.3, 0.4) is 0 Å². The summed E-state index contributed by atoms with van der Waals surface area (Å²) in [6.07, 6.45) is 0. The van der Waals surface area contributed by atoms with Crippen molar-refractivity contribution in [1.29, 1.82) is 0 Å². The molecule has 0 spiro atoms. The van der Waals surface area contributed by atoms with Crippen LogP contribution in [0.1, 0.15) is 5.56 Å². The van der Waals surface area contributed by atoms with E-state index in [0.29, 0.717) is 0 Å². The van der Waals surface area contributed by atoms with Gasteiger partial charge in [0.1, 0.15) is 0 Å². The fourth-order valence-corrected chi connectivity index (χ4v) is 3.18. The van der Waals surface area contributed by atoms with Crippen molar-refractivity contribution in [1.82, 2.24) is 5.32 Å². The molecule has 1 N–H and O–H groups in total. The van der Waals surface area contributed by atoms with Crippen molar-refractivity contribution in [2.45, 2.75) is 16.3 Å². The molecule has 2 nitrogen and oxygen atoms in total. The Morgan fingerprint density at radius 2 is 1.90 bits per heavy atom. The molecule has 0 atom stereocenters. The van der Waals surface area contributed by atoms with E-state index in [2.05, 4.69) is 63.7 Å². The number of hydrogen-bond donors (Lipinski definition) is 1. The van der Waals surface area contributed by atoms with Crippen molar-refractivity contribution in [3.05, 3.63) is 58.6 Å². The number of nitrogens with one attached hydrogen (secondary N) is 1. The minimum Gasteiger partial charge on any atom is -0.383 e. The molecule has 2 aromatic carbocycles. The first-order chi connectivity index (χ1) is 9.78. The predicted molar refractivity (Wildman–Crippen MR) is 88.3 cm³/mol. The first kappa shape index (κ1) is 15.6. The van der Waals surface area contributed by atoms with Crippen LogP contribution in [-0.2, 0) is 11.3 Å². The van der Waals surface area contributed by atoms with E-state index in [1.807, 2.05) is 6.07 Å². The Bertz CT molecular complexity index is 530. The van der Waals surface area contributed by atoms with Crippen molar-refractivity contribution < 1.29 is 4.74 Å². The Kier molecular flexibility index (Phi) is 6.60. The molecule has 20 heavy (non-hydrogen) atoms. The van der Waals surface area contributed by atoms with Gasteiger partial charge in [0.2, 0.25) is 0 Å². The van der Waals surface area contributed by atoms with Gasteiger partial charge in [0.25, 0.3) is 0 Å². The fourth-order valence-electron chi connectivity index (χ4n) is 1.75. The van der Waals surface area contributed by atoms with E-state index >= 15 is 0 Å². The molecule has 0 bridgehead atoms. The van der Waals surface area contributed by atoms with Crippen LogP contribution >= 0.6 is 27.7 Å². The highest BCUT2D eigenvalue weighted by atomic mass is 79.9. The standard InChI is InChI=1S/C16H18BrNOS/c1-19-10-9-18-12-13-5-7-15(8-6-13)20-16-4-2-3-14(17)11-16/h2-8,11,18H,9-10,12H2,1H3. The minimum absolute atomic E-state index is 0.747. The molecule has 2 aromatic rings. The van der Waals surface area contributed by atoms with E-state index in [0.717, 1.165) is 24.2 Å². The zero-order valence-corrected chi connectivity index (χ0v) is 13.8. The normalized spacial score (nSPS) is 10.7. The van der Waals surface area contributed by atoms with Crippen molar-refractivity contribution in [2.75, 3.05) is 20.3 Å². The molecule has 0 aliphatic rings. The maximum atomic E-state index is 5.01. The molecule has 4 heteroatoms. The fraction of sp³-hybridized carbons (Fsp3) is 0.250. The lowest BCUT2D eigenvalue weighted by Crippen LogP contribution is -2.18. The smallest absolute Gasteiger partial charge is 0.0587 e. The molecule has 0 aromatic heterocycles. The van der Waals surface area contributed by atoms with Gasteiger partial charge in [0.05, 0.1) is 6.61 Å². The number of ether oxygens (including phenoxy) is 1. The van der Waals surface area contributed by atoms with E-state index < -0.39 is 0 Å². The van der Waals surface area contributed by atoms with Gasteiger partial charge >= 0.3 is 0 Å². The zero-order valence-electron chi connectivity index (χ0n) is 11.4. The molecule has 0 saturated carbocycles. The lowest BCUT2D eigenvalue weighted by molar-refractivity contribution is 0.199. The number of rotatable bonds is 7. The molecule has 0 aliphatic carbocycles. The van der Waals surface area contributed by atoms with E-state index in [1.165, 1.54) is 15.4 Å². The Morgan fingerprint density at radius 1 is 1.10 bits per heavy atom. The van der Waals surface area contributed by atoms with Gasteiger partial charge in [0.15, 0.2) is 0 Å². The van der Waals surface area contributed by atoms with E-state index in [4.69, 9.17) is 4.74 Å². The molecule has 2 rings (SSSR count). The summed E-state index contributed by atoms with van der Waals surface area (Å²) in [7, 11) is 1.72. The summed E-state index contributed by atoms with van der Waals surface area (Å²) in [5, 5.41) is 3.34. The second-order valence-corrected chi connectivity index (χ2v) is 6.44. The molecule has 0 fully saturated rings. The maximum Gasteiger partial charge on any atom is 0.0587 e. The molecule has 0 unspecified atom stereocenters. The SMILES string of the molecule is COCCNCc1ccc(Sc2cccc(Br)c2)cc1. The van der Waals surface area contributed by atoms with E-state index in [1.54, 1.807) is 18.9 Å². The first-order valence-corrected chi connectivity index (χ1v) is 8.11. The van der Waals surface area contributed by atoms with Gasteiger partial charge in [0, 0.05) is 34.5 Å². The number of benzene rings is 2. The van der Waals surface area contributed by atoms with Crippen LogP contribution in [0.5, 0.6) is 0 Å². The zero-order chi connectivity index (χ0) is 14.2. The van der Waals surface area contributed by atoms with Crippen molar-refractivity contribution in [3.63, 3.8) is 0 Å². The Hall–Kier alpha value is -0.810. The van der Waals surface area contributed by atoms with Gasteiger partial charge in [-0.2, -0.15) is 0 Å². The van der Waals surface area contributed by atoms with Crippen LogP contribution < -0.4 is 5.32 Å². The van der Waals surface area contributed by atoms with Gasteiger partial charge < -0.3 is 10.1 Å². The average molecular weight is 352 g/mol. The third-order valence-corrected chi connectivity index (χ3v) is 4.26. The first-order valence-electron chi connectivity index (χ1n) is 6.50. The van der Waals surface area contributed by atoms with Crippen LogP contribution in [0.2, 0.25) is 0 Å². The van der Waals surface area contributed by atoms with Crippen LogP contribution in [0.15, 0.2) is 62.8 Å². The van der Waals surface area contributed by atoms with Gasteiger partial charge in [-0.1, -0.05) is 45.9 Å². The topological polar surface area (TPSA) is 21.3 Å². The van der Waals surface area contributed by atoms with Crippen molar-refractivity contribution in [3.8, 4) is 0 Å². The summed E-state index contributed by atoms with van der Waals surface area (Å²) in [6.45, 7) is 2.51. The van der Waals surface area contributed by atoms with Crippen LogP contribution in [0.25, 0.3) is 0 Å². The molecular formula is C16H18BrNOS. The van der Waals surface area contributed by atoms with E-state index in [-0.39, 0.29) is 0 Å². The lowest BCUT2D eigenvalue weighted by atomic mass is 10.2.